The molecule has 0 aliphatic rings. The van der Waals surface area contributed by atoms with E-state index in [1.165, 1.54) is 16.2 Å². The molecule has 0 radical (unpaired) electrons. The maximum absolute atomic E-state index is 6.19. The van der Waals surface area contributed by atoms with Crippen molar-refractivity contribution in [2.75, 3.05) is 4.90 Å². The highest BCUT2D eigenvalue weighted by molar-refractivity contribution is 6.09. The minimum absolute atomic E-state index is 0.608. The lowest BCUT2D eigenvalue weighted by atomic mass is 10.0. The number of hydrogen-bond donors (Lipinski definition) is 0. The minimum atomic E-state index is 0.608. The molecule has 9 rings (SSSR count). The zero-order chi connectivity index (χ0) is 26.9. The Morgan fingerprint density at radius 2 is 1.22 bits per heavy atom. The van der Waals surface area contributed by atoms with Crippen LogP contribution in [0, 0.1) is 0 Å². The van der Waals surface area contributed by atoms with Crippen LogP contribution in [0.4, 0.5) is 17.2 Å². The lowest BCUT2D eigenvalue weighted by molar-refractivity contribution is 0.654. The van der Waals surface area contributed by atoms with Crippen molar-refractivity contribution in [3.8, 4) is 0 Å². The van der Waals surface area contributed by atoms with Gasteiger partial charge >= 0.3 is 0 Å². The molecule has 0 saturated carbocycles. The number of pyridine rings is 2. The van der Waals surface area contributed by atoms with Gasteiger partial charge < -0.3 is 8.83 Å². The molecular formula is C36H21N3O2. The second-order valence-corrected chi connectivity index (χ2v) is 10.3. The summed E-state index contributed by atoms with van der Waals surface area (Å²) in [4.78, 5) is 11.8. The smallest absolute Gasteiger partial charge is 0.229 e. The van der Waals surface area contributed by atoms with Gasteiger partial charge in [-0.25, -0.2) is 0 Å². The molecular weight excluding hydrogens is 506 g/mol. The highest BCUT2D eigenvalue weighted by Gasteiger charge is 2.19. The SMILES string of the molecule is c1ccc2c(c1)ccc1cc(N(c3ccc4oc5cccnc5c4c3)c3ccc4c(n3)oc3ccccc34)ccc12. The van der Waals surface area contributed by atoms with Crippen molar-refractivity contribution in [1.82, 2.24) is 9.97 Å². The monoisotopic (exact) mass is 527 g/mol. The summed E-state index contributed by atoms with van der Waals surface area (Å²) in [7, 11) is 0. The number of hydrogen-bond acceptors (Lipinski definition) is 5. The molecule has 9 aromatic rings. The topological polar surface area (TPSA) is 55.3 Å². The first kappa shape index (κ1) is 22.2. The fourth-order valence-electron chi connectivity index (χ4n) is 6.00. The second-order valence-electron chi connectivity index (χ2n) is 10.3. The molecule has 0 N–H and O–H groups in total. The Balaban J connectivity index is 1.29. The van der Waals surface area contributed by atoms with E-state index in [9.17, 15) is 0 Å². The average molecular weight is 528 g/mol. The fourth-order valence-corrected chi connectivity index (χ4v) is 6.00. The number of fused-ring (bicyclic) bond motifs is 9. The van der Waals surface area contributed by atoms with Crippen LogP contribution in [-0.2, 0) is 0 Å². The summed E-state index contributed by atoms with van der Waals surface area (Å²) < 4.78 is 12.3. The number of nitrogens with zero attached hydrogens (tertiary/aromatic N) is 3. The lowest BCUT2D eigenvalue weighted by Crippen LogP contribution is -2.11. The Bertz CT molecular complexity index is 2450. The molecule has 5 nitrogen and oxygen atoms in total. The molecule has 4 heterocycles. The van der Waals surface area contributed by atoms with Crippen LogP contribution in [0.2, 0.25) is 0 Å². The molecule has 192 valence electrons. The average Bonchev–Trinajstić information content (AvgIpc) is 3.59. The van der Waals surface area contributed by atoms with E-state index in [2.05, 4.69) is 94.8 Å². The molecule has 5 heteroatoms. The zero-order valence-electron chi connectivity index (χ0n) is 21.8. The fraction of sp³-hybridized carbons (Fsp3) is 0. The summed E-state index contributed by atoms with van der Waals surface area (Å²) in [6, 6.07) is 41.7. The largest absolute Gasteiger partial charge is 0.454 e. The van der Waals surface area contributed by atoms with Crippen LogP contribution >= 0.6 is 0 Å². The summed E-state index contributed by atoms with van der Waals surface area (Å²) >= 11 is 0. The first-order chi connectivity index (χ1) is 20.3. The van der Waals surface area contributed by atoms with E-state index in [-0.39, 0.29) is 0 Å². The lowest BCUT2D eigenvalue weighted by Gasteiger charge is -2.24. The van der Waals surface area contributed by atoms with Crippen LogP contribution < -0.4 is 4.90 Å². The van der Waals surface area contributed by atoms with Crippen LogP contribution in [0.15, 0.2) is 136 Å². The highest BCUT2D eigenvalue weighted by Crippen LogP contribution is 2.40. The molecule has 5 aromatic carbocycles. The third-order valence-electron chi connectivity index (χ3n) is 7.91. The molecule has 0 unspecified atom stereocenters. The first-order valence-electron chi connectivity index (χ1n) is 13.6. The Hall–Kier alpha value is -5.68. The number of furan rings is 2. The standard InChI is InChI=1S/C36H21N3O2/c1-2-7-26-22(6-1)11-12-23-20-24(13-15-27(23)26)39(25-14-17-32-30(21-25)35-33(40-32)10-5-19-37-35)34-18-16-29-28-8-3-4-9-31(28)41-36(29)38-34/h1-21H. The minimum Gasteiger partial charge on any atom is -0.454 e. The van der Waals surface area contributed by atoms with E-state index in [4.69, 9.17) is 13.8 Å². The predicted molar refractivity (Wildman–Crippen MR) is 166 cm³/mol. The highest BCUT2D eigenvalue weighted by atomic mass is 16.3. The third-order valence-corrected chi connectivity index (χ3v) is 7.91. The Morgan fingerprint density at radius 3 is 2.20 bits per heavy atom. The van der Waals surface area contributed by atoms with Gasteiger partial charge in [-0.2, -0.15) is 4.98 Å². The molecule has 0 atom stereocenters. The van der Waals surface area contributed by atoms with Crippen LogP contribution in [0.5, 0.6) is 0 Å². The molecule has 0 aliphatic carbocycles. The predicted octanol–water partition coefficient (Wildman–Crippen LogP) is 10.1. The molecule has 4 aromatic heterocycles. The maximum atomic E-state index is 6.19. The Kier molecular flexibility index (Phi) is 4.55. The van der Waals surface area contributed by atoms with E-state index in [0.717, 1.165) is 61.0 Å². The van der Waals surface area contributed by atoms with Crippen molar-refractivity contribution in [2.24, 2.45) is 0 Å². The molecule has 0 bridgehead atoms. The number of rotatable bonds is 3. The van der Waals surface area contributed by atoms with E-state index in [1.54, 1.807) is 6.20 Å². The Labute approximate surface area is 233 Å². The summed E-state index contributed by atoms with van der Waals surface area (Å²) in [5, 5.41) is 7.85. The van der Waals surface area contributed by atoms with Gasteiger partial charge in [0.15, 0.2) is 5.58 Å². The number of aromatic nitrogens is 2. The Morgan fingerprint density at radius 1 is 0.488 bits per heavy atom. The summed E-state index contributed by atoms with van der Waals surface area (Å²) in [6.45, 7) is 0. The van der Waals surface area contributed by atoms with Crippen molar-refractivity contribution >= 4 is 82.9 Å². The van der Waals surface area contributed by atoms with Crippen LogP contribution in [0.1, 0.15) is 0 Å². The molecule has 0 amide bonds. The van der Waals surface area contributed by atoms with Gasteiger partial charge in [0, 0.05) is 33.7 Å². The molecule has 0 fully saturated rings. The van der Waals surface area contributed by atoms with E-state index in [1.807, 2.05) is 36.4 Å². The zero-order valence-corrected chi connectivity index (χ0v) is 21.8. The number of benzene rings is 5. The molecule has 0 spiro atoms. The van der Waals surface area contributed by atoms with Crippen LogP contribution in [-0.4, -0.2) is 9.97 Å². The maximum Gasteiger partial charge on any atom is 0.229 e. The quantitative estimate of drug-likeness (QED) is 0.214. The third kappa shape index (κ3) is 3.36. The van der Waals surface area contributed by atoms with Gasteiger partial charge in [-0.1, -0.05) is 60.7 Å². The van der Waals surface area contributed by atoms with Gasteiger partial charge in [0.25, 0.3) is 0 Å². The van der Waals surface area contributed by atoms with E-state index in [0.29, 0.717) is 5.71 Å². The van der Waals surface area contributed by atoms with Crippen LogP contribution in [0.25, 0.3) is 65.7 Å². The second kappa shape index (κ2) is 8.41. The summed E-state index contributed by atoms with van der Waals surface area (Å²) in [5.74, 6) is 0.761. The molecule has 41 heavy (non-hydrogen) atoms. The normalized spacial score (nSPS) is 11.9. The summed E-state index contributed by atoms with van der Waals surface area (Å²) in [6.07, 6.45) is 1.80. The number of anilines is 3. The van der Waals surface area contributed by atoms with E-state index < -0.39 is 0 Å². The van der Waals surface area contributed by atoms with Gasteiger partial charge in [-0.05, 0) is 82.2 Å². The van der Waals surface area contributed by atoms with Crippen molar-refractivity contribution in [2.45, 2.75) is 0 Å². The molecule has 0 saturated heterocycles. The summed E-state index contributed by atoms with van der Waals surface area (Å²) in [5.41, 5.74) is 5.80. The number of para-hydroxylation sites is 1. The van der Waals surface area contributed by atoms with Crippen molar-refractivity contribution < 1.29 is 8.83 Å². The van der Waals surface area contributed by atoms with Gasteiger partial charge in [-0.3, -0.25) is 9.88 Å². The van der Waals surface area contributed by atoms with Crippen molar-refractivity contribution in [3.63, 3.8) is 0 Å². The van der Waals surface area contributed by atoms with Gasteiger partial charge in [0.2, 0.25) is 5.71 Å². The van der Waals surface area contributed by atoms with E-state index >= 15 is 0 Å². The van der Waals surface area contributed by atoms with Crippen LogP contribution in [0.3, 0.4) is 0 Å². The van der Waals surface area contributed by atoms with Gasteiger partial charge in [-0.15, -0.1) is 0 Å². The molecule has 0 aliphatic heterocycles. The van der Waals surface area contributed by atoms with Gasteiger partial charge in [0.1, 0.15) is 22.5 Å². The van der Waals surface area contributed by atoms with Crippen molar-refractivity contribution in [1.29, 1.82) is 0 Å². The van der Waals surface area contributed by atoms with Gasteiger partial charge in [0.05, 0.1) is 0 Å². The first-order valence-corrected chi connectivity index (χ1v) is 13.6. The van der Waals surface area contributed by atoms with Crippen molar-refractivity contribution in [3.05, 3.63) is 128 Å².